The van der Waals surface area contributed by atoms with Gasteiger partial charge in [-0.1, -0.05) is 11.6 Å². The molecule has 0 aliphatic heterocycles. The second-order valence-corrected chi connectivity index (χ2v) is 7.02. The molecule has 5 nitrogen and oxygen atoms in total. The van der Waals surface area contributed by atoms with Crippen molar-refractivity contribution in [3.63, 3.8) is 0 Å². The van der Waals surface area contributed by atoms with E-state index in [4.69, 9.17) is 11.6 Å². The van der Waals surface area contributed by atoms with Crippen molar-refractivity contribution in [2.75, 3.05) is 7.11 Å². The molecule has 0 aliphatic carbocycles. The van der Waals surface area contributed by atoms with Crippen LogP contribution in [0.3, 0.4) is 0 Å². The fourth-order valence-corrected chi connectivity index (χ4v) is 1.76. The van der Waals surface area contributed by atoms with E-state index in [-0.39, 0.29) is 10.6 Å². The van der Waals surface area contributed by atoms with Crippen molar-refractivity contribution in [2.45, 2.75) is 25.5 Å². The second-order valence-electron chi connectivity index (χ2n) is 4.68. The molecule has 7 heteroatoms. The number of ether oxygens (including phenoxy) is 1. The van der Waals surface area contributed by atoms with Gasteiger partial charge in [-0.25, -0.2) is 9.00 Å². The summed E-state index contributed by atoms with van der Waals surface area (Å²) in [6.07, 6.45) is 2.67. The van der Waals surface area contributed by atoms with Crippen LogP contribution in [0, 0.1) is 0 Å². The number of pyridine rings is 1. The van der Waals surface area contributed by atoms with E-state index < -0.39 is 21.7 Å². The fraction of sp³-hybridized carbons (Fsp3) is 0.417. The van der Waals surface area contributed by atoms with Crippen LogP contribution in [0.2, 0.25) is 5.02 Å². The molecule has 104 valence electrons. The molecule has 0 bridgehead atoms. The summed E-state index contributed by atoms with van der Waals surface area (Å²) in [7, 11) is -0.107. The molecule has 0 aromatic carbocycles. The fourth-order valence-electron chi connectivity index (χ4n) is 1.03. The molecule has 0 radical (unpaired) electrons. The zero-order valence-electron chi connectivity index (χ0n) is 11.1. The Morgan fingerprint density at radius 1 is 1.53 bits per heavy atom. The molecule has 0 amide bonds. The summed E-state index contributed by atoms with van der Waals surface area (Å²) in [6.45, 7) is 5.45. The van der Waals surface area contributed by atoms with Crippen molar-refractivity contribution >= 4 is 34.8 Å². The molecule has 0 saturated heterocycles. The van der Waals surface area contributed by atoms with Gasteiger partial charge in [0.1, 0.15) is 16.7 Å². The lowest BCUT2D eigenvalue weighted by atomic mass is 10.2. The van der Waals surface area contributed by atoms with Gasteiger partial charge in [-0.2, -0.15) is 4.40 Å². The minimum absolute atomic E-state index is 0.248. The minimum atomic E-state index is -1.38. The van der Waals surface area contributed by atoms with Gasteiger partial charge in [0, 0.05) is 6.20 Å². The largest absolute Gasteiger partial charge is 0.465 e. The number of methoxy groups -OCH3 is 1. The first-order valence-electron chi connectivity index (χ1n) is 5.45. The molecule has 0 saturated carbocycles. The number of halogens is 1. The van der Waals surface area contributed by atoms with Crippen molar-refractivity contribution in [2.24, 2.45) is 4.40 Å². The zero-order valence-corrected chi connectivity index (χ0v) is 12.7. The third kappa shape index (κ3) is 4.40. The van der Waals surface area contributed by atoms with E-state index in [0.29, 0.717) is 5.69 Å². The van der Waals surface area contributed by atoms with E-state index in [9.17, 15) is 9.00 Å². The highest BCUT2D eigenvalue weighted by Gasteiger charge is 2.18. The van der Waals surface area contributed by atoms with E-state index in [1.807, 2.05) is 20.8 Å². The van der Waals surface area contributed by atoms with Crippen molar-refractivity contribution in [3.8, 4) is 0 Å². The number of carbonyl (C=O) groups excluding carboxylic acids is 1. The predicted molar refractivity (Wildman–Crippen MR) is 76.1 cm³/mol. The van der Waals surface area contributed by atoms with Gasteiger partial charge >= 0.3 is 5.97 Å². The van der Waals surface area contributed by atoms with E-state index >= 15 is 0 Å². The molecule has 1 rings (SSSR count). The van der Waals surface area contributed by atoms with Crippen LogP contribution in [0.4, 0.5) is 0 Å². The van der Waals surface area contributed by atoms with Crippen LogP contribution < -0.4 is 0 Å². The molecule has 0 unspecified atom stereocenters. The molecule has 0 aliphatic rings. The summed E-state index contributed by atoms with van der Waals surface area (Å²) in [4.78, 5) is 15.3. The Morgan fingerprint density at radius 3 is 2.63 bits per heavy atom. The number of carbonyl (C=O) groups is 1. The smallest absolute Gasteiger partial charge is 0.339 e. The lowest BCUT2D eigenvalue weighted by molar-refractivity contribution is 0.0600. The van der Waals surface area contributed by atoms with E-state index in [2.05, 4.69) is 14.1 Å². The van der Waals surface area contributed by atoms with Crippen molar-refractivity contribution in [1.82, 2.24) is 4.98 Å². The van der Waals surface area contributed by atoms with Crippen LogP contribution in [0.1, 0.15) is 36.8 Å². The standard InChI is InChI=1S/C12H15ClN2O3S/c1-12(2,3)19(17)15-7-10-9(13)5-8(6-14-10)11(16)18-4/h5-7H,1-4H3/t19-/m1/s1. The SMILES string of the molecule is COC(=O)c1cnc(C=N[S@](=O)C(C)(C)C)c(Cl)c1. The number of hydrogen-bond donors (Lipinski definition) is 0. The highest BCUT2D eigenvalue weighted by Crippen LogP contribution is 2.16. The monoisotopic (exact) mass is 302 g/mol. The van der Waals surface area contributed by atoms with Crippen molar-refractivity contribution < 1.29 is 13.7 Å². The first-order valence-corrected chi connectivity index (χ1v) is 6.94. The van der Waals surface area contributed by atoms with Crippen LogP contribution in [0.15, 0.2) is 16.7 Å². The molecule has 19 heavy (non-hydrogen) atoms. The molecule has 0 N–H and O–H groups in total. The second kappa shape index (κ2) is 6.25. The van der Waals surface area contributed by atoms with E-state index in [1.54, 1.807) is 0 Å². The Hall–Kier alpha value is -1.27. The summed E-state index contributed by atoms with van der Waals surface area (Å²) >= 11 is 5.97. The van der Waals surface area contributed by atoms with Gasteiger partial charge in [-0.3, -0.25) is 4.98 Å². The Kier molecular flexibility index (Phi) is 5.20. The maximum Gasteiger partial charge on any atom is 0.339 e. The molecule has 1 atom stereocenters. The van der Waals surface area contributed by atoms with Crippen molar-refractivity contribution in [1.29, 1.82) is 0 Å². The average Bonchev–Trinajstić information content (AvgIpc) is 2.34. The molecule has 1 aromatic rings. The lowest BCUT2D eigenvalue weighted by Gasteiger charge is -2.12. The molecule has 0 spiro atoms. The maximum absolute atomic E-state index is 11.7. The summed E-state index contributed by atoms with van der Waals surface area (Å²) in [5.74, 6) is -0.517. The molecular formula is C12H15ClN2O3S. The van der Waals surface area contributed by atoms with Gasteiger partial charge in [0.05, 0.1) is 28.7 Å². The summed E-state index contributed by atoms with van der Waals surface area (Å²) in [5, 5.41) is 0.248. The average molecular weight is 303 g/mol. The Morgan fingerprint density at radius 2 is 2.16 bits per heavy atom. The Balaban J connectivity index is 2.96. The summed E-state index contributed by atoms with van der Waals surface area (Å²) in [6, 6.07) is 1.43. The van der Waals surface area contributed by atoms with E-state index in [1.165, 1.54) is 25.6 Å². The first-order chi connectivity index (χ1) is 8.75. The lowest BCUT2D eigenvalue weighted by Crippen LogP contribution is -2.19. The van der Waals surface area contributed by atoms with E-state index in [0.717, 1.165) is 0 Å². The van der Waals surface area contributed by atoms with Gasteiger partial charge in [-0.05, 0) is 26.8 Å². The minimum Gasteiger partial charge on any atom is -0.465 e. The van der Waals surface area contributed by atoms with Crippen LogP contribution in [0.5, 0.6) is 0 Å². The third-order valence-corrected chi connectivity index (χ3v) is 3.73. The number of rotatable bonds is 3. The Bertz CT molecular complexity index is 538. The highest BCUT2D eigenvalue weighted by atomic mass is 35.5. The van der Waals surface area contributed by atoms with Crippen LogP contribution in [-0.4, -0.2) is 33.2 Å². The molecular weight excluding hydrogens is 288 g/mol. The highest BCUT2D eigenvalue weighted by molar-refractivity contribution is 7.85. The first kappa shape index (κ1) is 15.8. The van der Waals surface area contributed by atoms with Crippen LogP contribution in [-0.2, 0) is 15.7 Å². The van der Waals surface area contributed by atoms with Crippen LogP contribution >= 0.6 is 11.6 Å². The zero-order chi connectivity index (χ0) is 14.6. The predicted octanol–water partition coefficient (Wildman–Crippen LogP) is 2.40. The van der Waals surface area contributed by atoms with Gasteiger partial charge < -0.3 is 4.74 Å². The van der Waals surface area contributed by atoms with Gasteiger partial charge in [0.25, 0.3) is 0 Å². The number of nitrogens with zero attached hydrogens (tertiary/aromatic N) is 2. The molecule has 0 fully saturated rings. The Labute approximate surface area is 119 Å². The van der Waals surface area contributed by atoms with Crippen LogP contribution in [0.25, 0.3) is 0 Å². The summed E-state index contributed by atoms with van der Waals surface area (Å²) < 4.78 is 19.7. The number of hydrogen-bond acceptors (Lipinski definition) is 4. The topological polar surface area (TPSA) is 68.6 Å². The van der Waals surface area contributed by atoms with Crippen molar-refractivity contribution in [3.05, 3.63) is 28.5 Å². The number of aromatic nitrogens is 1. The van der Waals surface area contributed by atoms with Gasteiger partial charge in [0.2, 0.25) is 0 Å². The normalized spacial score (nSPS) is 13.5. The molecule has 1 aromatic heterocycles. The maximum atomic E-state index is 11.7. The number of esters is 1. The van der Waals surface area contributed by atoms with Gasteiger partial charge in [0.15, 0.2) is 0 Å². The van der Waals surface area contributed by atoms with Gasteiger partial charge in [-0.15, -0.1) is 0 Å². The molecule has 1 heterocycles. The summed E-state index contributed by atoms with van der Waals surface area (Å²) in [5.41, 5.74) is 0.605. The third-order valence-electron chi connectivity index (χ3n) is 2.09. The quantitative estimate of drug-likeness (QED) is 0.635.